The van der Waals surface area contributed by atoms with Crippen LogP contribution in [-0.2, 0) is 4.79 Å². The highest BCUT2D eigenvalue weighted by Gasteiger charge is 2.65. The second-order valence-corrected chi connectivity index (χ2v) is 5.06. The molecule has 0 amide bonds. The van der Waals surface area contributed by atoms with Gasteiger partial charge in [0.1, 0.15) is 5.78 Å². The molecule has 0 radical (unpaired) electrons. The molecule has 0 aliphatic heterocycles. The standard InChI is InChI=1S/C10H16O2/c1-9(2)6-4-8(12)10(9,3)5-7(6)11/h6-7,11H,4-5H2,1-3H3/t6-,7+,10-/m1/s1. The summed E-state index contributed by atoms with van der Waals surface area (Å²) in [6.07, 6.45) is 1.01. The van der Waals surface area contributed by atoms with Gasteiger partial charge >= 0.3 is 0 Å². The predicted octanol–water partition coefficient (Wildman–Crippen LogP) is 1.37. The van der Waals surface area contributed by atoms with Gasteiger partial charge in [-0.25, -0.2) is 0 Å². The SMILES string of the molecule is CC1(C)[C@@H]2CC(=O)[C@@]1(C)C[C@@H]2O. The molecule has 2 aliphatic rings. The van der Waals surface area contributed by atoms with E-state index >= 15 is 0 Å². The van der Waals surface area contributed by atoms with Gasteiger partial charge < -0.3 is 5.11 Å². The summed E-state index contributed by atoms with van der Waals surface area (Å²) in [6.45, 7) is 6.23. The van der Waals surface area contributed by atoms with Crippen LogP contribution in [0, 0.1) is 16.7 Å². The molecule has 0 aromatic carbocycles. The largest absolute Gasteiger partial charge is 0.393 e. The Hall–Kier alpha value is -0.370. The van der Waals surface area contributed by atoms with Crippen LogP contribution >= 0.6 is 0 Å². The van der Waals surface area contributed by atoms with E-state index in [0.29, 0.717) is 18.6 Å². The Morgan fingerprint density at radius 2 is 2.00 bits per heavy atom. The van der Waals surface area contributed by atoms with E-state index in [4.69, 9.17) is 0 Å². The number of carbonyl (C=O) groups excluding carboxylic acids is 1. The number of Topliss-reactive ketones (excluding diaryl/α,β-unsaturated/α-hetero) is 1. The van der Waals surface area contributed by atoms with Crippen molar-refractivity contribution in [1.29, 1.82) is 0 Å². The first kappa shape index (κ1) is 8.24. The molecule has 0 saturated heterocycles. The number of rotatable bonds is 0. The molecule has 0 aromatic heterocycles. The maximum Gasteiger partial charge on any atom is 0.139 e. The highest BCUT2D eigenvalue weighted by molar-refractivity contribution is 5.89. The average Bonchev–Trinajstić information content (AvgIpc) is 2.18. The van der Waals surface area contributed by atoms with Crippen LogP contribution in [-0.4, -0.2) is 17.0 Å². The van der Waals surface area contributed by atoms with Crippen LogP contribution in [0.15, 0.2) is 0 Å². The van der Waals surface area contributed by atoms with Crippen LogP contribution < -0.4 is 0 Å². The molecule has 1 N–H and O–H groups in total. The van der Waals surface area contributed by atoms with Crippen molar-refractivity contribution < 1.29 is 9.90 Å². The number of ketones is 1. The summed E-state index contributed by atoms with van der Waals surface area (Å²) in [5, 5.41) is 9.69. The molecule has 2 bridgehead atoms. The zero-order valence-electron chi connectivity index (χ0n) is 7.92. The monoisotopic (exact) mass is 168 g/mol. The fourth-order valence-electron chi connectivity index (χ4n) is 3.00. The van der Waals surface area contributed by atoms with E-state index in [2.05, 4.69) is 13.8 Å². The van der Waals surface area contributed by atoms with E-state index in [1.165, 1.54) is 0 Å². The maximum absolute atomic E-state index is 11.6. The maximum atomic E-state index is 11.6. The number of aliphatic hydroxyl groups excluding tert-OH is 1. The lowest BCUT2D eigenvalue weighted by molar-refractivity contribution is -0.129. The van der Waals surface area contributed by atoms with Crippen molar-refractivity contribution in [2.24, 2.45) is 16.7 Å². The smallest absolute Gasteiger partial charge is 0.139 e. The Bertz CT molecular complexity index is 244. The van der Waals surface area contributed by atoms with Gasteiger partial charge in [0.25, 0.3) is 0 Å². The van der Waals surface area contributed by atoms with E-state index in [1.807, 2.05) is 6.92 Å². The van der Waals surface area contributed by atoms with Gasteiger partial charge in [-0.15, -0.1) is 0 Å². The molecule has 0 aromatic rings. The van der Waals surface area contributed by atoms with E-state index in [-0.39, 0.29) is 22.9 Å². The van der Waals surface area contributed by atoms with Gasteiger partial charge in [0, 0.05) is 11.8 Å². The van der Waals surface area contributed by atoms with Gasteiger partial charge in [0.2, 0.25) is 0 Å². The summed E-state index contributed by atoms with van der Waals surface area (Å²) in [5.74, 6) is 0.554. The zero-order chi connectivity index (χ0) is 9.15. The molecule has 3 atom stereocenters. The molecule has 2 nitrogen and oxygen atoms in total. The van der Waals surface area contributed by atoms with Crippen LogP contribution in [0.25, 0.3) is 0 Å². The highest BCUT2D eigenvalue weighted by Crippen LogP contribution is 2.63. The van der Waals surface area contributed by atoms with Crippen molar-refractivity contribution in [3.8, 4) is 0 Å². The zero-order valence-corrected chi connectivity index (χ0v) is 7.92. The van der Waals surface area contributed by atoms with Gasteiger partial charge in [-0.05, 0) is 17.8 Å². The summed E-state index contributed by atoms with van der Waals surface area (Å²) in [5.41, 5.74) is -0.249. The minimum Gasteiger partial charge on any atom is -0.393 e. The molecular formula is C10H16O2. The van der Waals surface area contributed by atoms with Crippen molar-refractivity contribution in [1.82, 2.24) is 0 Å². The van der Waals surface area contributed by atoms with Crippen molar-refractivity contribution in [2.75, 3.05) is 0 Å². The summed E-state index contributed by atoms with van der Waals surface area (Å²) < 4.78 is 0. The van der Waals surface area contributed by atoms with Crippen molar-refractivity contribution in [3.05, 3.63) is 0 Å². The lowest BCUT2D eigenvalue weighted by atomic mass is 9.70. The first-order valence-electron chi connectivity index (χ1n) is 4.61. The lowest BCUT2D eigenvalue weighted by Gasteiger charge is -2.31. The number of hydrogen-bond donors (Lipinski definition) is 1. The minimum atomic E-state index is -0.253. The first-order valence-corrected chi connectivity index (χ1v) is 4.61. The van der Waals surface area contributed by atoms with Crippen LogP contribution in [0.2, 0.25) is 0 Å². The molecule has 2 saturated carbocycles. The number of carbonyl (C=O) groups is 1. The van der Waals surface area contributed by atoms with Crippen LogP contribution in [0.3, 0.4) is 0 Å². The van der Waals surface area contributed by atoms with Crippen molar-refractivity contribution in [2.45, 2.75) is 39.7 Å². The summed E-state index contributed by atoms with van der Waals surface area (Å²) in [6, 6.07) is 0. The Balaban J connectivity index is 2.47. The van der Waals surface area contributed by atoms with Crippen molar-refractivity contribution in [3.63, 3.8) is 0 Å². The second-order valence-electron chi connectivity index (χ2n) is 5.06. The first-order chi connectivity index (χ1) is 5.39. The molecule has 12 heavy (non-hydrogen) atoms. The average molecular weight is 168 g/mol. The lowest BCUT2D eigenvalue weighted by Crippen LogP contribution is -2.32. The molecule has 2 aliphatic carbocycles. The molecule has 2 fully saturated rings. The molecule has 0 heterocycles. The summed E-state index contributed by atoms with van der Waals surface area (Å²) in [4.78, 5) is 11.6. The Kier molecular flexibility index (Phi) is 1.32. The molecule has 2 heteroatoms. The highest BCUT2D eigenvalue weighted by atomic mass is 16.3. The van der Waals surface area contributed by atoms with E-state index in [9.17, 15) is 9.90 Å². The minimum absolute atomic E-state index is 0.00347. The number of aliphatic hydroxyl groups is 1. The van der Waals surface area contributed by atoms with E-state index in [0.717, 1.165) is 0 Å². The number of fused-ring (bicyclic) bond motifs is 2. The Morgan fingerprint density at radius 1 is 1.42 bits per heavy atom. The van der Waals surface area contributed by atoms with Crippen LogP contribution in [0.4, 0.5) is 0 Å². The Labute approximate surface area is 73.0 Å². The van der Waals surface area contributed by atoms with Crippen LogP contribution in [0.5, 0.6) is 0 Å². The van der Waals surface area contributed by atoms with E-state index in [1.54, 1.807) is 0 Å². The summed E-state index contributed by atoms with van der Waals surface area (Å²) in [7, 11) is 0. The predicted molar refractivity (Wildman–Crippen MR) is 45.6 cm³/mol. The third kappa shape index (κ3) is 0.634. The fourth-order valence-corrected chi connectivity index (χ4v) is 3.00. The normalized spacial score (nSPS) is 50.2. The quantitative estimate of drug-likeness (QED) is 0.593. The van der Waals surface area contributed by atoms with Crippen molar-refractivity contribution >= 4 is 5.78 Å². The molecule has 0 unspecified atom stereocenters. The molecule has 0 spiro atoms. The molecule has 2 rings (SSSR count). The fraction of sp³-hybridized carbons (Fsp3) is 0.900. The number of hydrogen-bond acceptors (Lipinski definition) is 2. The van der Waals surface area contributed by atoms with E-state index < -0.39 is 0 Å². The van der Waals surface area contributed by atoms with Crippen LogP contribution in [0.1, 0.15) is 33.6 Å². The molecule has 68 valence electrons. The topological polar surface area (TPSA) is 37.3 Å². The second kappa shape index (κ2) is 1.92. The molecular weight excluding hydrogens is 152 g/mol. The Morgan fingerprint density at radius 3 is 2.25 bits per heavy atom. The summed E-state index contributed by atoms with van der Waals surface area (Å²) >= 11 is 0. The third-order valence-electron chi connectivity index (χ3n) is 4.45. The van der Waals surface area contributed by atoms with Gasteiger partial charge in [-0.1, -0.05) is 20.8 Å². The van der Waals surface area contributed by atoms with Gasteiger partial charge in [-0.2, -0.15) is 0 Å². The third-order valence-corrected chi connectivity index (χ3v) is 4.45. The van der Waals surface area contributed by atoms with Gasteiger partial charge in [0.05, 0.1) is 6.10 Å². The van der Waals surface area contributed by atoms with Gasteiger partial charge in [-0.3, -0.25) is 4.79 Å². The van der Waals surface area contributed by atoms with Gasteiger partial charge in [0.15, 0.2) is 0 Å².